The van der Waals surface area contributed by atoms with E-state index < -0.39 is 6.43 Å². The van der Waals surface area contributed by atoms with Crippen LogP contribution in [0.4, 0.5) is 8.78 Å². The molecule has 1 heterocycles. The molecule has 5 heteroatoms. The van der Waals surface area contributed by atoms with Crippen LogP contribution < -0.4 is 0 Å². The second-order valence-corrected chi connectivity index (χ2v) is 3.89. The molecule has 0 N–H and O–H groups in total. The van der Waals surface area contributed by atoms with Crippen molar-refractivity contribution >= 4 is 26.8 Å². The predicted octanol–water partition coefficient (Wildman–Crippen LogP) is 3.27. The number of fused-ring (bicyclic) bond motifs is 1. The molecule has 2 aromatic rings. The largest absolute Gasteiger partial charge is 0.282 e. The Hall–Kier alpha value is -0.970. The van der Waals surface area contributed by atoms with E-state index in [0.29, 0.717) is 10.9 Å². The zero-order valence-electron chi connectivity index (χ0n) is 7.34. The highest BCUT2D eigenvalue weighted by Crippen LogP contribution is 2.28. The summed E-state index contributed by atoms with van der Waals surface area (Å²) in [6.07, 6.45) is -2.53. The maximum absolute atomic E-state index is 12.5. The second-order valence-electron chi connectivity index (χ2n) is 2.97. The van der Waals surface area contributed by atoms with Crippen molar-refractivity contribution in [3.05, 3.63) is 28.4 Å². The summed E-state index contributed by atoms with van der Waals surface area (Å²) >= 11 is 3.28. The number of hydrogen-bond acceptors (Lipinski definition) is 1. The number of rotatable bonds is 1. The highest BCUT2D eigenvalue weighted by Gasteiger charge is 2.16. The van der Waals surface area contributed by atoms with Gasteiger partial charge in [-0.2, -0.15) is 5.10 Å². The summed E-state index contributed by atoms with van der Waals surface area (Å²) in [5, 5.41) is 4.28. The number of aryl methyl sites for hydroxylation is 1. The molecule has 2 nitrogen and oxygen atoms in total. The van der Waals surface area contributed by atoms with E-state index in [9.17, 15) is 8.78 Å². The molecule has 0 aliphatic heterocycles. The summed E-state index contributed by atoms with van der Waals surface area (Å²) in [7, 11) is 1.65. The predicted molar refractivity (Wildman–Crippen MR) is 53.4 cm³/mol. The SMILES string of the molecule is Cn1nc(C(F)F)c2ccc(Br)cc21. The normalized spacial score (nSPS) is 11.5. The lowest BCUT2D eigenvalue weighted by Gasteiger charge is -1.94. The summed E-state index contributed by atoms with van der Waals surface area (Å²) in [5.74, 6) is 0. The van der Waals surface area contributed by atoms with Gasteiger partial charge in [-0.05, 0) is 18.2 Å². The van der Waals surface area contributed by atoms with E-state index in [2.05, 4.69) is 21.0 Å². The summed E-state index contributed by atoms with van der Waals surface area (Å²) < 4.78 is 27.4. The molecule has 0 unspecified atom stereocenters. The Labute approximate surface area is 87.6 Å². The molecule has 0 aliphatic rings. The van der Waals surface area contributed by atoms with Gasteiger partial charge in [-0.15, -0.1) is 0 Å². The fourth-order valence-electron chi connectivity index (χ4n) is 1.42. The third-order valence-electron chi connectivity index (χ3n) is 2.05. The molecule has 2 rings (SSSR count). The highest BCUT2D eigenvalue weighted by molar-refractivity contribution is 9.10. The van der Waals surface area contributed by atoms with Gasteiger partial charge in [-0.1, -0.05) is 15.9 Å². The Morgan fingerprint density at radius 1 is 1.43 bits per heavy atom. The van der Waals surface area contributed by atoms with Crippen LogP contribution in [0.5, 0.6) is 0 Å². The number of halogens is 3. The quantitative estimate of drug-likeness (QED) is 0.770. The molecule has 0 atom stereocenters. The smallest absolute Gasteiger partial charge is 0.267 e. The van der Waals surface area contributed by atoms with Gasteiger partial charge in [0.2, 0.25) is 0 Å². The minimum Gasteiger partial charge on any atom is -0.267 e. The van der Waals surface area contributed by atoms with Gasteiger partial charge < -0.3 is 0 Å². The highest BCUT2D eigenvalue weighted by atomic mass is 79.9. The minimum absolute atomic E-state index is 0.157. The molecule has 0 bridgehead atoms. The Bertz CT molecular complexity index is 479. The molecule has 0 radical (unpaired) electrons. The Morgan fingerprint density at radius 3 is 2.79 bits per heavy atom. The van der Waals surface area contributed by atoms with Gasteiger partial charge in [-0.3, -0.25) is 4.68 Å². The molecular formula is C9H7BrF2N2. The van der Waals surface area contributed by atoms with Crippen molar-refractivity contribution in [1.29, 1.82) is 0 Å². The maximum atomic E-state index is 12.5. The Morgan fingerprint density at radius 2 is 2.14 bits per heavy atom. The van der Waals surface area contributed by atoms with Crippen molar-refractivity contribution in [2.45, 2.75) is 6.43 Å². The van der Waals surface area contributed by atoms with Crippen molar-refractivity contribution in [2.75, 3.05) is 0 Å². The average Bonchev–Trinajstić information content (AvgIpc) is 2.44. The van der Waals surface area contributed by atoms with Gasteiger partial charge >= 0.3 is 0 Å². The topological polar surface area (TPSA) is 17.8 Å². The molecule has 0 spiro atoms. The molecule has 0 amide bonds. The molecule has 0 saturated heterocycles. The molecule has 0 fully saturated rings. The van der Waals surface area contributed by atoms with Crippen LogP contribution in [0.2, 0.25) is 0 Å². The van der Waals surface area contributed by atoms with Crippen LogP contribution in [-0.4, -0.2) is 9.78 Å². The number of aromatic nitrogens is 2. The lowest BCUT2D eigenvalue weighted by atomic mass is 10.2. The Kier molecular flexibility index (Phi) is 2.26. The van der Waals surface area contributed by atoms with E-state index in [4.69, 9.17) is 0 Å². The Balaban J connectivity index is 2.77. The van der Waals surface area contributed by atoms with Crippen molar-refractivity contribution in [2.24, 2.45) is 7.05 Å². The van der Waals surface area contributed by atoms with Crippen molar-refractivity contribution in [3.63, 3.8) is 0 Å². The third-order valence-corrected chi connectivity index (χ3v) is 2.54. The monoisotopic (exact) mass is 260 g/mol. The van der Waals surface area contributed by atoms with Crippen molar-refractivity contribution in [1.82, 2.24) is 9.78 Å². The lowest BCUT2D eigenvalue weighted by Crippen LogP contribution is -1.91. The van der Waals surface area contributed by atoms with Crippen molar-refractivity contribution < 1.29 is 8.78 Å². The maximum Gasteiger partial charge on any atom is 0.282 e. The third kappa shape index (κ3) is 1.41. The summed E-state index contributed by atoms with van der Waals surface area (Å²) in [6.45, 7) is 0. The van der Waals surface area contributed by atoms with E-state index in [1.54, 1.807) is 25.2 Å². The fraction of sp³-hybridized carbons (Fsp3) is 0.222. The molecule has 0 aliphatic carbocycles. The van der Waals surface area contributed by atoms with Crippen LogP contribution in [0.1, 0.15) is 12.1 Å². The second kappa shape index (κ2) is 3.31. The van der Waals surface area contributed by atoms with Crippen LogP contribution in [0.25, 0.3) is 10.9 Å². The van der Waals surface area contributed by atoms with Crippen LogP contribution in [0, 0.1) is 0 Å². The van der Waals surface area contributed by atoms with Gasteiger partial charge in [0.1, 0.15) is 5.69 Å². The van der Waals surface area contributed by atoms with E-state index in [0.717, 1.165) is 4.47 Å². The zero-order valence-corrected chi connectivity index (χ0v) is 8.92. The van der Waals surface area contributed by atoms with E-state index in [1.165, 1.54) is 4.68 Å². The number of benzene rings is 1. The lowest BCUT2D eigenvalue weighted by molar-refractivity contribution is 0.147. The van der Waals surface area contributed by atoms with Crippen LogP contribution >= 0.6 is 15.9 Å². The number of alkyl halides is 2. The first-order valence-electron chi connectivity index (χ1n) is 4.00. The first kappa shape index (κ1) is 9.58. The summed E-state index contributed by atoms with van der Waals surface area (Å²) in [6, 6.07) is 5.15. The first-order chi connectivity index (χ1) is 6.59. The summed E-state index contributed by atoms with van der Waals surface area (Å²) in [5.41, 5.74) is 0.546. The van der Waals surface area contributed by atoms with Gasteiger partial charge in [0.05, 0.1) is 5.52 Å². The van der Waals surface area contributed by atoms with E-state index in [1.807, 2.05) is 0 Å². The number of nitrogens with zero attached hydrogens (tertiary/aromatic N) is 2. The van der Waals surface area contributed by atoms with Gasteiger partial charge in [-0.25, -0.2) is 8.78 Å². The molecule has 14 heavy (non-hydrogen) atoms. The molecule has 1 aromatic carbocycles. The fourth-order valence-corrected chi connectivity index (χ4v) is 1.77. The van der Waals surface area contributed by atoms with E-state index >= 15 is 0 Å². The zero-order chi connectivity index (χ0) is 10.3. The van der Waals surface area contributed by atoms with Crippen LogP contribution in [-0.2, 0) is 7.05 Å². The van der Waals surface area contributed by atoms with Crippen LogP contribution in [0.15, 0.2) is 22.7 Å². The van der Waals surface area contributed by atoms with Gasteiger partial charge in [0.15, 0.2) is 0 Å². The molecular weight excluding hydrogens is 254 g/mol. The van der Waals surface area contributed by atoms with Gasteiger partial charge in [0, 0.05) is 16.9 Å². The molecule has 0 saturated carbocycles. The molecule has 74 valence electrons. The standard InChI is InChI=1S/C9H7BrF2N2/c1-14-7-4-5(10)2-3-6(7)8(13-14)9(11)12/h2-4,9H,1H3. The van der Waals surface area contributed by atoms with Crippen molar-refractivity contribution in [3.8, 4) is 0 Å². The average molecular weight is 261 g/mol. The van der Waals surface area contributed by atoms with Crippen LogP contribution in [0.3, 0.4) is 0 Å². The van der Waals surface area contributed by atoms with Gasteiger partial charge in [0.25, 0.3) is 6.43 Å². The minimum atomic E-state index is -2.53. The number of hydrogen-bond donors (Lipinski definition) is 0. The summed E-state index contributed by atoms with van der Waals surface area (Å²) in [4.78, 5) is 0. The van der Waals surface area contributed by atoms with E-state index in [-0.39, 0.29) is 5.69 Å². The molecule has 1 aromatic heterocycles. The first-order valence-corrected chi connectivity index (χ1v) is 4.79.